The maximum atomic E-state index is 13.6. The van der Waals surface area contributed by atoms with Crippen LogP contribution in [0.1, 0.15) is 33.5 Å². The van der Waals surface area contributed by atoms with Crippen molar-refractivity contribution in [3.8, 4) is 6.07 Å². The molecule has 1 aromatic carbocycles. The van der Waals surface area contributed by atoms with Crippen LogP contribution in [0.4, 0.5) is 10.2 Å². The van der Waals surface area contributed by atoms with Crippen molar-refractivity contribution in [2.45, 2.75) is 34.2 Å². The van der Waals surface area contributed by atoms with E-state index in [0.717, 1.165) is 16.8 Å². The summed E-state index contributed by atoms with van der Waals surface area (Å²) >= 11 is 0. The van der Waals surface area contributed by atoms with Gasteiger partial charge < -0.3 is 5.32 Å². The summed E-state index contributed by atoms with van der Waals surface area (Å²) in [6.07, 6.45) is 0. The molecule has 108 valence electrons. The monoisotopic (exact) mass is 283 g/mol. The van der Waals surface area contributed by atoms with Gasteiger partial charge >= 0.3 is 0 Å². The molecule has 0 bridgehead atoms. The van der Waals surface area contributed by atoms with Crippen molar-refractivity contribution in [2.24, 2.45) is 0 Å². The van der Waals surface area contributed by atoms with Gasteiger partial charge in [-0.1, -0.05) is 12.1 Å². The van der Waals surface area contributed by atoms with E-state index < -0.39 is 0 Å². The first-order valence-corrected chi connectivity index (χ1v) is 6.80. The van der Waals surface area contributed by atoms with Gasteiger partial charge in [-0.25, -0.2) is 9.37 Å². The Morgan fingerprint density at radius 2 is 1.71 bits per heavy atom. The Morgan fingerprint density at radius 3 is 2.29 bits per heavy atom. The predicted octanol–water partition coefficient (Wildman–Crippen LogP) is 3.94. The molecule has 2 rings (SSSR count). The number of aryl methyl sites for hydroxylation is 4. The molecule has 0 saturated carbocycles. The fourth-order valence-electron chi connectivity index (χ4n) is 2.43. The average molecular weight is 283 g/mol. The number of nitrogens with zero attached hydrogens (tertiary/aromatic N) is 2. The summed E-state index contributed by atoms with van der Waals surface area (Å²) in [7, 11) is 0. The number of nitrogens with one attached hydrogen (secondary N) is 1. The van der Waals surface area contributed by atoms with E-state index in [4.69, 9.17) is 0 Å². The number of rotatable bonds is 3. The van der Waals surface area contributed by atoms with Crippen molar-refractivity contribution in [3.05, 3.63) is 57.5 Å². The van der Waals surface area contributed by atoms with Crippen molar-refractivity contribution < 1.29 is 4.39 Å². The maximum Gasteiger partial charge on any atom is 0.144 e. The zero-order chi connectivity index (χ0) is 15.6. The minimum atomic E-state index is -0.166. The molecular formula is C17H18FN3. The van der Waals surface area contributed by atoms with Crippen LogP contribution in [0.5, 0.6) is 0 Å². The highest BCUT2D eigenvalue weighted by Crippen LogP contribution is 2.20. The fraction of sp³-hybridized carbons (Fsp3) is 0.294. The number of pyridine rings is 1. The molecule has 0 amide bonds. The number of anilines is 1. The van der Waals surface area contributed by atoms with Crippen molar-refractivity contribution in [3.63, 3.8) is 0 Å². The Hall–Kier alpha value is -2.41. The van der Waals surface area contributed by atoms with Gasteiger partial charge in [0.15, 0.2) is 0 Å². The van der Waals surface area contributed by atoms with Crippen LogP contribution in [-0.2, 0) is 6.54 Å². The molecule has 0 saturated heterocycles. The van der Waals surface area contributed by atoms with Crippen LogP contribution >= 0.6 is 0 Å². The number of halogens is 1. The minimum absolute atomic E-state index is 0.166. The van der Waals surface area contributed by atoms with Crippen molar-refractivity contribution in [1.29, 1.82) is 5.26 Å². The van der Waals surface area contributed by atoms with E-state index in [9.17, 15) is 9.65 Å². The summed E-state index contributed by atoms with van der Waals surface area (Å²) in [5, 5.41) is 12.4. The van der Waals surface area contributed by atoms with E-state index in [1.165, 1.54) is 0 Å². The second-order valence-electron chi connectivity index (χ2n) is 5.31. The fourth-order valence-corrected chi connectivity index (χ4v) is 2.43. The number of aromatic nitrogens is 1. The molecule has 2 aromatic rings. The molecule has 21 heavy (non-hydrogen) atoms. The SMILES string of the molecule is Cc1cc(C)c(C#N)c(NCc2cc(C)c(F)c(C)c2)n1. The highest BCUT2D eigenvalue weighted by atomic mass is 19.1. The number of hydrogen-bond acceptors (Lipinski definition) is 3. The molecule has 0 aliphatic carbocycles. The third-order valence-corrected chi connectivity index (χ3v) is 3.41. The summed E-state index contributed by atoms with van der Waals surface area (Å²) in [5.41, 5.74) is 4.54. The highest BCUT2D eigenvalue weighted by molar-refractivity contribution is 5.56. The van der Waals surface area contributed by atoms with Crippen LogP contribution in [0.3, 0.4) is 0 Å². The van der Waals surface area contributed by atoms with Crippen LogP contribution in [0.25, 0.3) is 0 Å². The summed E-state index contributed by atoms with van der Waals surface area (Å²) in [4.78, 5) is 4.37. The first-order chi connectivity index (χ1) is 9.92. The summed E-state index contributed by atoms with van der Waals surface area (Å²) in [6, 6.07) is 7.68. The predicted molar refractivity (Wildman–Crippen MR) is 81.6 cm³/mol. The lowest BCUT2D eigenvalue weighted by Gasteiger charge is -2.12. The molecule has 0 radical (unpaired) electrons. The zero-order valence-electron chi connectivity index (χ0n) is 12.7. The summed E-state index contributed by atoms with van der Waals surface area (Å²) in [5.74, 6) is 0.413. The quantitative estimate of drug-likeness (QED) is 0.928. The molecule has 0 aliphatic heterocycles. The van der Waals surface area contributed by atoms with Gasteiger partial charge in [-0.15, -0.1) is 0 Å². The van der Waals surface area contributed by atoms with Crippen LogP contribution in [0, 0.1) is 44.8 Å². The highest BCUT2D eigenvalue weighted by Gasteiger charge is 2.09. The van der Waals surface area contributed by atoms with Crippen LogP contribution in [-0.4, -0.2) is 4.98 Å². The zero-order valence-corrected chi connectivity index (χ0v) is 12.7. The standard InChI is InChI=1S/C17H18FN3/c1-10-5-13(4)21-17(15(10)8-19)20-9-14-6-11(2)16(18)12(3)7-14/h5-7H,9H2,1-4H3,(H,20,21). The molecule has 1 heterocycles. The molecular weight excluding hydrogens is 265 g/mol. The Bertz CT molecular complexity index is 707. The summed E-state index contributed by atoms with van der Waals surface area (Å²) in [6.45, 7) is 7.80. The topological polar surface area (TPSA) is 48.7 Å². The van der Waals surface area contributed by atoms with E-state index in [0.29, 0.717) is 29.1 Å². The van der Waals surface area contributed by atoms with Crippen LogP contribution in [0.15, 0.2) is 18.2 Å². The molecule has 0 unspecified atom stereocenters. The largest absolute Gasteiger partial charge is 0.365 e. The lowest BCUT2D eigenvalue weighted by Crippen LogP contribution is -2.06. The molecule has 3 nitrogen and oxygen atoms in total. The van der Waals surface area contributed by atoms with Gasteiger partial charge in [0.1, 0.15) is 17.7 Å². The third-order valence-electron chi connectivity index (χ3n) is 3.41. The third kappa shape index (κ3) is 3.19. The molecule has 1 aromatic heterocycles. The second-order valence-corrected chi connectivity index (χ2v) is 5.31. The van der Waals surface area contributed by atoms with Gasteiger partial charge in [0.05, 0.1) is 5.56 Å². The number of benzene rings is 1. The van der Waals surface area contributed by atoms with Gasteiger partial charge in [0.2, 0.25) is 0 Å². The van der Waals surface area contributed by atoms with E-state index in [2.05, 4.69) is 16.4 Å². The summed E-state index contributed by atoms with van der Waals surface area (Å²) < 4.78 is 13.6. The first-order valence-electron chi connectivity index (χ1n) is 6.80. The van der Waals surface area contributed by atoms with Crippen molar-refractivity contribution in [2.75, 3.05) is 5.32 Å². The molecule has 1 N–H and O–H groups in total. The van der Waals surface area contributed by atoms with E-state index in [1.54, 1.807) is 13.8 Å². The molecule has 0 aliphatic rings. The lowest BCUT2D eigenvalue weighted by molar-refractivity contribution is 0.608. The lowest BCUT2D eigenvalue weighted by atomic mass is 10.1. The van der Waals surface area contributed by atoms with E-state index >= 15 is 0 Å². The Kier molecular flexibility index (Phi) is 4.23. The Balaban J connectivity index is 2.27. The Labute approximate surface area is 124 Å². The van der Waals surface area contributed by atoms with Gasteiger partial charge in [0.25, 0.3) is 0 Å². The van der Waals surface area contributed by atoms with Crippen LogP contribution in [0.2, 0.25) is 0 Å². The van der Waals surface area contributed by atoms with Gasteiger partial charge in [0, 0.05) is 12.2 Å². The molecule has 0 atom stereocenters. The normalized spacial score (nSPS) is 10.3. The molecule has 0 fully saturated rings. The second kappa shape index (κ2) is 5.92. The van der Waals surface area contributed by atoms with Gasteiger partial charge in [-0.05, 0) is 56.0 Å². The van der Waals surface area contributed by atoms with E-state index in [1.807, 2.05) is 32.0 Å². The molecule has 0 spiro atoms. The minimum Gasteiger partial charge on any atom is -0.365 e. The van der Waals surface area contributed by atoms with Crippen molar-refractivity contribution >= 4 is 5.82 Å². The Morgan fingerprint density at radius 1 is 1.10 bits per heavy atom. The number of nitriles is 1. The average Bonchev–Trinajstić information content (AvgIpc) is 2.41. The van der Waals surface area contributed by atoms with Gasteiger partial charge in [-0.3, -0.25) is 0 Å². The molecule has 4 heteroatoms. The first kappa shape index (κ1) is 15.0. The maximum absolute atomic E-state index is 13.6. The van der Waals surface area contributed by atoms with Crippen molar-refractivity contribution in [1.82, 2.24) is 4.98 Å². The van der Waals surface area contributed by atoms with Gasteiger partial charge in [-0.2, -0.15) is 5.26 Å². The van der Waals surface area contributed by atoms with E-state index in [-0.39, 0.29) is 5.82 Å². The number of hydrogen-bond donors (Lipinski definition) is 1. The van der Waals surface area contributed by atoms with Crippen LogP contribution < -0.4 is 5.32 Å². The smallest absolute Gasteiger partial charge is 0.144 e.